The van der Waals surface area contributed by atoms with Gasteiger partial charge in [-0.2, -0.15) is 0 Å². The quantitative estimate of drug-likeness (QED) is 0.799. The number of likely N-dealkylation sites (tertiary alicyclic amines) is 1. The lowest BCUT2D eigenvalue weighted by atomic mass is 9.83. The summed E-state index contributed by atoms with van der Waals surface area (Å²) in [5.74, 6) is 0.180. The first-order valence-electron chi connectivity index (χ1n) is 10.2. The molecule has 28 heavy (non-hydrogen) atoms. The summed E-state index contributed by atoms with van der Waals surface area (Å²) in [5, 5.41) is 9.37. The minimum absolute atomic E-state index is 0.106. The molecule has 0 radical (unpaired) electrons. The number of carbonyl (C=O) groups excluding carboxylic acids is 1. The Hall–Kier alpha value is -2.24. The van der Waals surface area contributed by atoms with Crippen molar-refractivity contribution in [3.05, 3.63) is 29.3 Å². The van der Waals surface area contributed by atoms with Gasteiger partial charge in [-0.3, -0.25) is 0 Å². The third-order valence-corrected chi connectivity index (χ3v) is 5.39. The number of benzene rings is 1. The highest BCUT2D eigenvalue weighted by Gasteiger charge is 2.32. The number of aromatic carboxylic acids is 1. The molecule has 1 unspecified atom stereocenters. The molecule has 0 aromatic heterocycles. The molecular weight excluding hydrogens is 358 g/mol. The van der Waals surface area contributed by atoms with Gasteiger partial charge in [-0.15, -0.1) is 0 Å². The van der Waals surface area contributed by atoms with Crippen LogP contribution in [0.5, 0.6) is 5.75 Å². The van der Waals surface area contributed by atoms with Crippen molar-refractivity contribution < 1.29 is 24.2 Å². The summed E-state index contributed by atoms with van der Waals surface area (Å²) in [5.41, 5.74) is 0.779. The van der Waals surface area contributed by atoms with Gasteiger partial charge in [-0.05, 0) is 63.3 Å². The fourth-order valence-electron chi connectivity index (χ4n) is 4.02. The Morgan fingerprint density at radius 2 is 1.82 bits per heavy atom. The van der Waals surface area contributed by atoms with Crippen molar-refractivity contribution in [1.29, 1.82) is 0 Å². The predicted octanol–water partition coefficient (Wildman–Crippen LogP) is 4.82. The van der Waals surface area contributed by atoms with Crippen LogP contribution < -0.4 is 4.74 Å². The number of rotatable bonds is 4. The first-order valence-corrected chi connectivity index (χ1v) is 10.2. The molecule has 1 aliphatic carbocycles. The Balaban J connectivity index is 1.71. The third-order valence-electron chi connectivity index (χ3n) is 5.39. The lowest BCUT2D eigenvalue weighted by Gasteiger charge is -2.26. The van der Waals surface area contributed by atoms with Crippen LogP contribution >= 0.6 is 0 Å². The molecule has 0 spiro atoms. The van der Waals surface area contributed by atoms with Crippen LogP contribution in [0.2, 0.25) is 0 Å². The molecule has 1 N–H and O–H groups in total. The molecular formula is C22H31NO5. The highest BCUT2D eigenvalue weighted by Crippen LogP contribution is 2.38. The van der Waals surface area contributed by atoms with Crippen LogP contribution in [0.4, 0.5) is 4.79 Å². The van der Waals surface area contributed by atoms with Crippen LogP contribution in [0, 0.1) is 0 Å². The normalized spacial score (nSPS) is 20.8. The molecule has 154 valence electrons. The largest absolute Gasteiger partial charge is 0.488 e. The van der Waals surface area contributed by atoms with Gasteiger partial charge in [0.05, 0.1) is 12.1 Å². The summed E-state index contributed by atoms with van der Waals surface area (Å²) in [6.07, 6.45) is 6.01. The van der Waals surface area contributed by atoms with Gasteiger partial charge < -0.3 is 19.5 Å². The lowest BCUT2D eigenvalue weighted by molar-refractivity contribution is 0.0275. The zero-order chi connectivity index (χ0) is 20.3. The van der Waals surface area contributed by atoms with Crippen LogP contribution in [-0.2, 0) is 4.74 Å². The van der Waals surface area contributed by atoms with Gasteiger partial charge in [0.15, 0.2) is 0 Å². The van der Waals surface area contributed by atoms with Crippen molar-refractivity contribution in [2.75, 3.05) is 13.1 Å². The van der Waals surface area contributed by atoms with Crippen LogP contribution in [0.1, 0.15) is 81.1 Å². The van der Waals surface area contributed by atoms with Crippen molar-refractivity contribution in [3.8, 4) is 5.75 Å². The molecule has 6 heteroatoms. The van der Waals surface area contributed by atoms with Crippen LogP contribution in [0.15, 0.2) is 18.2 Å². The number of carboxylic acids is 1. The number of carboxylic acid groups (broad SMARTS) is 1. The molecule has 3 rings (SSSR count). The fraction of sp³-hybridized carbons (Fsp3) is 0.636. The summed E-state index contributed by atoms with van der Waals surface area (Å²) in [6.45, 7) is 6.66. The smallest absolute Gasteiger partial charge is 0.410 e. The highest BCUT2D eigenvalue weighted by molar-refractivity contribution is 5.88. The number of amides is 1. The second-order valence-corrected chi connectivity index (χ2v) is 8.85. The van der Waals surface area contributed by atoms with E-state index in [-0.39, 0.29) is 12.2 Å². The first-order chi connectivity index (χ1) is 13.2. The Morgan fingerprint density at radius 3 is 2.46 bits per heavy atom. The highest BCUT2D eigenvalue weighted by atomic mass is 16.6. The molecule has 1 saturated carbocycles. The number of ether oxygens (including phenoxy) is 2. The summed E-state index contributed by atoms with van der Waals surface area (Å²) < 4.78 is 11.7. The minimum atomic E-state index is -0.916. The number of nitrogens with zero attached hydrogens (tertiary/aromatic N) is 1. The van der Waals surface area contributed by atoms with E-state index in [0.717, 1.165) is 43.4 Å². The molecule has 1 aromatic rings. The average molecular weight is 389 g/mol. The van der Waals surface area contributed by atoms with Gasteiger partial charge in [-0.25, -0.2) is 9.59 Å². The van der Waals surface area contributed by atoms with Gasteiger partial charge in [0.25, 0.3) is 0 Å². The van der Waals surface area contributed by atoms with Gasteiger partial charge >= 0.3 is 12.1 Å². The molecule has 1 aromatic carbocycles. The van der Waals surface area contributed by atoms with Crippen molar-refractivity contribution in [2.24, 2.45) is 0 Å². The Bertz CT molecular complexity index is 718. The molecule has 6 nitrogen and oxygen atoms in total. The second-order valence-electron chi connectivity index (χ2n) is 8.85. The van der Waals surface area contributed by atoms with E-state index in [1.54, 1.807) is 23.1 Å². The molecule has 2 fully saturated rings. The van der Waals surface area contributed by atoms with Gasteiger partial charge in [0, 0.05) is 13.0 Å². The van der Waals surface area contributed by atoms with Crippen molar-refractivity contribution in [2.45, 2.75) is 76.9 Å². The SMILES string of the molecule is CC(C)(C)OC(=O)N1CCC(Oc2ccc(C(=O)O)cc2C2CCCCC2)C1. The molecule has 2 aliphatic rings. The van der Waals surface area contributed by atoms with E-state index >= 15 is 0 Å². The maximum Gasteiger partial charge on any atom is 0.410 e. The summed E-state index contributed by atoms with van der Waals surface area (Å²) in [6, 6.07) is 5.16. The molecule has 1 atom stereocenters. The zero-order valence-electron chi connectivity index (χ0n) is 17.1. The van der Waals surface area contributed by atoms with E-state index in [1.807, 2.05) is 20.8 Å². The monoisotopic (exact) mass is 389 g/mol. The van der Waals surface area contributed by atoms with Crippen LogP contribution in [0.25, 0.3) is 0 Å². The number of carbonyl (C=O) groups is 2. The van der Waals surface area contributed by atoms with Gasteiger partial charge in [0.2, 0.25) is 0 Å². The van der Waals surface area contributed by atoms with E-state index < -0.39 is 11.6 Å². The van der Waals surface area contributed by atoms with Crippen molar-refractivity contribution >= 4 is 12.1 Å². The molecule has 1 amide bonds. The maximum absolute atomic E-state index is 12.3. The Kier molecular flexibility index (Phi) is 6.16. The first kappa shape index (κ1) is 20.5. The Labute approximate surface area is 166 Å². The molecule has 0 bridgehead atoms. The number of hydrogen-bond donors (Lipinski definition) is 1. The van der Waals surface area contributed by atoms with E-state index in [4.69, 9.17) is 9.47 Å². The third kappa shape index (κ3) is 5.18. The van der Waals surface area contributed by atoms with E-state index in [2.05, 4.69) is 0 Å². The molecule has 1 aliphatic heterocycles. The lowest BCUT2D eigenvalue weighted by Crippen LogP contribution is -2.36. The average Bonchev–Trinajstić information content (AvgIpc) is 3.10. The van der Waals surface area contributed by atoms with Crippen molar-refractivity contribution in [3.63, 3.8) is 0 Å². The van der Waals surface area contributed by atoms with Gasteiger partial charge in [-0.1, -0.05) is 19.3 Å². The predicted molar refractivity (Wildman–Crippen MR) is 106 cm³/mol. The summed E-state index contributed by atoms with van der Waals surface area (Å²) in [4.78, 5) is 25.4. The summed E-state index contributed by atoms with van der Waals surface area (Å²) in [7, 11) is 0. The van der Waals surface area contributed by atoms with Crippen molar-refractivity contribution in [1.82, 2.24) is 4.90 Å². The standard InChI is InChI=1S/C22H31NO5/c1-22(2,3)28-21(26)23-12-11-17(14-23)27-19-10-9-16(20(24)25)13-18(19)15-7-5-4-6-8-15/h9-10,13,15,17H,4-8,11-12,14H2,1-3H3,(H,24,25). The van der Waals surface area contributed by atoms with Gasteiger partial charge in [0.1, 0.15) is 17.5 Å². The van der Waals surface area contributed by atoms with E-state index in [9.17, 15) is 14.7 Å². The van der Waals surface area contributed by atoms with Crippen LogP contribution in [0.3, 0.4) is 0 Å². The summed E-state index contributed by atoms with van der Waals surface area (Å²) >= 11 is 0. The molecule has 1 saturated heterocycles. The minimum Gasteiger partial charge on any atom is -0.488 e. The fourth-order valence-corrected chi connectivity index (χ4v) is 4.02. The number of hydrogen-bond acceptors (Lipinski definition) is 4. The Morgan fingerprint density at radius 1 is 1.11 bits per heavy atom. The van der Waals surface area contributed by atoms with E-state index in [0.29, 0.717) is 24.6 Å². The van der Waals surface area contributed by atoms with Crippen LogP contribution in [-0.4, -0.2) is 46.9 Å². The zero-order valence-corrected chi connectivity index (χ0v) is 17.1. The molecule has 1 heterocycles. The maximum atomic E-state index is 12.3. The second kappa shape index (κ2) is 8.41. The van der Waals surface area contributed by atoms with E-state index in [1.165, 1.54) is 6.42 Å². The topological polar surface area (TPSA) is 76.1 Å².